The van der Waals surface area contributed by atoms with Crippen molar-refractivity contribution in [2.24, 2.45) is 0 Å². The van der Waals surface area contributed by atoms with Gasteiger partial charge in [-0.05, 0) is 46.5 Å². The summed E-state index contributed by atoms with van der Waals surface area (Å²) in [6, 6.07) is 0. The molecular weight excluding hydrogens is 304 g/mol. The highest BCUT2D eigenvalue weighted by Gasteiger charge is 2.24. The molecule has 0 N–H and O–H groups in total. The zero-order valence-electron chi connectivity index (χ0n) is 14.1. The molecule has 0 atom stereocenters. The Hall–Kier alpha value is -0.970. The lowest BCUT2D eigenvalue weighted by atomic mass is 10.2. The van der Waals surface area contributed by atoms with Crippen LogP contribution >= 0.6 is 11.6 Å². The Balaban J connectivity index is 2.39. The number of hydrogen-bond donors (Lipinski definition) is 0. The van der Waals surface area contributed by atoms with Crippen LogP contribution in [0.15, 0.2) is 0 Å². The third-order valence-electron chi connectivity index (χ3n) is 3.49. The Kier molecular flexibility index (Phi) is 8.01. The van der Waals surface area contributed by atoms with Crippen molar-refractivity contribution in [3.63, 3.8) is 0 Å². The molecule has 0 spiro atoms. The van der Waals surface area contributed by atoms with Crippen LogP contribution in [0.5, 0.6) is 0 Å². The number of ether oxygens (including phenoxy) is 1. The molecule has 0 aliphatic carbocycles. The maximum Gasteiger partial charge on any atom is 0.410 e. The summed E-state index contributed by atoms with van der Waals surface area (Å²) in [7, 11) is 0. The normalized spacial score (nSPS) is 16.9. The molecule has 5 nitrogen and oxygen atoms in total. The van der Waals surface area contributed by atoms with E-state index in [4.69, 9.17) is 16.3 Å². The first-order chi connectivity index (χ1) is 10.3. The van der Waals surface area contributed by atoms with Gasteiger partial charge in [-0.1, -0.05) is 0 Å². The number of rotatable bonds is 4. The van der Waals surface area contributed by atoms with Gasteiger partial charge in [-0.2, -0.15) is 0 Å². The minimum absolute atomic E-state index is 0.204. The summed E-state index contributed by atoms with van der Waals surface area (Å²) in [5.41, 5.74) is -0.468. The molecule has 0 bridgehead atoms. The summed E-state index contributed by atoms with van der Waals surface area (Å²) in [6.07, 6.45) is 3.63. The zero-order valence-corrected chi connectivity index (χ0v) is 14.8. The smallest absolute Gasteiger partial charge is 0.410 e. The van der Waals surface area contributed by atoms with Gasteiger partial charge < -0.3 is 14.5 Å². The monoisotopic (exact) mass is 332 g/mol. The SMILES string of the molecule is CC(C)(C)OC(=O)N1CCCN(C(=O)CCCCCl)CCC1. The van der Waals surface area contributed by atoms with Crippen LogP contribution in [0.3, 0.4) is 0 Å². The highest BCUT2D eigenvalue weighted by Crippen LogP contribution is 2.13. The molecule has 0 aromatic rings. The van der Waals surface area contributed by atoms with E-state index in [1.165, 1.54) is 0 Å². The fraction of sp³-hybridized carbons (Fsp3) is 0.875. The molecule has 6 heteroatoms. The van der Waals surface area contributed by atoms with Crippen LogP contribution in [0.25, 0.3) is 0 Å². The van der Waals surface area contributed by atoms with Crippen LogP contribution in [0, 0.1) is 0 Å². The molecule has 22 heavy (non-hydrogen) atoms. The second-order valence-corrected chi connectivity index (χ2v) is 7.08. The maximum atomic E-state index is 12.1. The van der Waals surface area contributed by atoms with Crippen molar-refractivity contribution >= 4 is 23.6 Å². The number of nitrogens with zero attached hydrogens (tertiary/aromatic N) is 2. The number of hydrogen-bond acceptors (Lipinski definition) is 3. The minimum Gasteiger partial charge on any atom is -0.444 e. The number of halogens is 1. The van der Waals surface area contributed by atoms with Crippen LogP contribution in [0.2, 0.25) is 0 Å². The van der Waals surface area contributed by atoms with Crippen molar-refractivity contribution in [1.82, 2.24) is 9.80 Å². The summed E-state index contributed by atoms with van der Waals surface area (Å²) in [5.74, 6) is 0.814. The summed E-state index contributed by atoms with van der Waals surface area (Å²) in [4.78, 5) is 27.9. The average molecular weight is 333 g/mol. The van der Waals surface area contributed by atoms with E-state index in [0.717, 1.165) is 25.7 Å². The van der Waals surface area contributed by atoms with Gasteiger partial charge in [-0.25, -0.2) is 4.79 Å². The third-order valence-corrected chi connectivity index (χ3v) is 3.76. The lowest BCUT2D eigenvalue weighted by molar-refractivity contribution is -0.131. The molecule has 0 saturated carbocycles. The Morgan fingerprint density at radius 1 is 1.00 bits per heavy atom. The first-order valence-electron chi connectivity index (χ1n) is 8.15. The van der Waals surface area contributed by atoms with Crippen LogP contribution in [-0.4, -0.2) is 59.5 Å². The Labute approximate surface area is 138 Å². The first kappa shape index (κ1) is 19.1. The summed E-state index contributed by atoms with van der Waals surface area (Å²) in [5, 5.41) is 0. The van der Waals surface area contributed by atoms with E-state index in [0.29, 0.717) is 38.5 Å². The van der Waals surface area contributed by atoms with Gasteiger partial charge in [0.25, 0.3) is 0 Å². The molecule has 2 amide bonds. The van der Waals surface area contributed by atoms with E-state index in [-0.39, 0.29) is 12.0 Å². The molecule has 0 aromatic heterocycles. The molecule has 1 aliphatic heterocycles. The van der Waals surface area contributed by atoms with Crippen molar-refractivity contribution in [3.8, 4) is 0 Å². The fourth-order valence-electron chi connectivity index (χ4n) is 2.42. The van der Waals surface area contributed by atoms with Crippen molar-refractivity contribution < 1.29 is 14.3 Å². The van der Waals surface area contributed by atoms with Crippen LogP contribution in [-0.2, 0) is 9.53 Å². The summed E-state index contributed by atoms with van der Waals surface area (Å²) in [6.45, 7) is 8.31. The van der Waals surface area contributed by atoms with Crippen molar-refractivity contribution in [2.45, 2.75) is 58.5 Å². The molecule has 1 aliphatic rings. The van der Waals surface area contributed by atoms with Gasteiger partial charge in [-0.15, -0.1) is 11.6 Å². The number of carbonyl (C=O) groups is 2. The largest absolute Gasteiger partial charge is 0.444 e. The maximum absolute atomic E-state index is 12.1. The quantitative estimate of drug-likeness (QED) is 0.586. The molecular formula is C16H29ClN2O3. The Morgan fingerprint density at radius 3 is 2.05 bits per heavy atom. The molecule has 0 unspecified atom stereocenters. The molecule has 1 fully saturated rings. The van der Waals surface area contributed by atoms with E-state index in [9.17, 15) is 9.59 Å². The predicted molar refractivity (Wildman–Crippen MR) is 88.2 cm³/mol. The molecule has 1 heterocycles. The zero-order chi connectivity index (χ0) is 16.6. The van der Waals surface area contributed by atoms with E-state index in [1.807, 2.05) is 25.7 Å². The molecule has 0 radical (unpaired) electrons. The summed E-state index contributed by atoms with van der Waals surface area (Å²) >= 11 is 5.64. The van der Waals surface area contributed by atoms with Crippen LogP contribution < -0.4 is 0 Å². The minimum atomic E-state index is -0.468. The van der Waals surface area contributed by atoms with E-state index >= 15 is 0 Å². The van der Waals surface area contributed by atoms with Crippen molar-refractivity contribution in [1.29, 1.82) is 0 Å². The van der Waals surface area contributed by atoms with Crippen LogP contribution in [0.4, 0.5) is 4.79 Å². The summed E-state index contributed by atoms with van der Waals surface area (Å²) < 4.78 is 5.41. The van der Waals surface area contributed by atoms with Crippen molar-refractivity contribution in [3.05, 3.63) is 0 Å². The fourth-order valence-corrected chi connectivity index (χ4v) is 2.60. The Morgan fingerprint density at radius 2 is 1.55 bits per heavy atom. The van der Waals surface area contributed by atoms with E-state index in [2.05, 4.69) is 0 Å². The van der Waals surface area contributed by atoms with Gasteiger partial charge in [0.15, 0.2) is 0 Å². The van der Waals surface area contributed by atoms with Gasteiger partial charge >= 0.3 is 6.09 Å². The van der Waals surface area contributed by atoms with Gasteiger partial charge in [0.1, 0.15) is 5.60 Å². The number of carbonyl (C=O) groups excluding carboxylic acids is 2. The standard InChI is InChI=1S/C16H29ClN2O3/c1-16(2,3)22-15(21)19-12-6-10-18(11-7-13-19)14(20)8-4-5-9-17/h4-13H2,1-3H3. The Bertz CT molecular complexity index is 359. The van der Waals surface area contributed by atoms with Crippen LogP contribution in [0.1, 0.15) is 52.9 Å². The van der Waals surface area contributed by atoms with Crippen molar-refractivity contribution in [2.75, 3.05) is 32.1 Å². The van der Waals surface area contributed by atoms with Gasteiger partial charge in [0.05, 0.1) is 0 Å². The van der Waals surface area contributed by atoms with Gasteiger partial charge in [0.2, 0.25) is 5.91 Å². The van der Waals surface area contributed by atoms with Gasteiger partial charge in [0, 0.05) is 38.5 Å². The first-order valence-corrected chi connectivity index (χ1v) is 8.68. The predicted octanol–water partition coefficient (Wildman–Crippen LogP) is 3.26. The number of unbranched alkanes of at least 4 members (excludes halogenated alkanes) is 1. The molecule has 128 valence electrons. The molecule has 1 rings (SSSR count). The van der Waals surface area contributed by atoms with E-state index < -0.39 is 5.60 Å². The average Bonchev–Trinajstić information content (AvgIpc) is 2.36. The van der Waals surface area contributed by atoms with E-state index in [1.54, 1.807) is 4.90 Å². The molecule has 1 saturated heterocycles. The lowest BCUT2D eigenvalue weighted by Crippen LogP contribution is -2.43. The highest BCUT2D eigenvalue weighted by atomic mass is 35.5. The third kappa shape index (κ3) is 7.34. The number of alkyl halides is 1. The molecule has 0 aromatic carbocycles. The second-order valence-electron chi connectivity index (χ2n) is 6.70. The lowest BCUT2D eigenvalue weighted by Gasteiger charge is -2.32. The highest BCUT2D eigenvalue weighted by molar-refractivity contribution is 6.17. The van der Waals surface area contributed by atoms with Gasteiger partial charge in [-0.3, -0.25) is 4.79 Å². The second kappa shape index (κ2) is 9.23. The number of amides is 2. The topological polar surface area (TPSA) is 49.9 Å².